The Labute approximate surface area is 115 Å². The molecule has 0 unspecified atom stereocenters. The lowest BCUT2D eigenvalue weighted by Gasteiger charge is -2.07. The van der Waals surface area contributed by atoms with Crippen LogP contribution in [-0.4, -0.2) is 14.5 Å². The van der Waals surface area contributed by atoms with E-state index in [2.05, 4.69) is 0 Å². The normalized spacial score (nSPS) is 10.5. The average molecular weight is 300 g/mol. The van der Waals surface area contributed by atoms with Gasteiger partial charge in [-0.25, -0.2) is 9.18 Å². The van der Waals surface area contributed by atoms with Gasteiger partial charge < -0.3 is 0 Å². The van der Waals surface area contributed by atoms with Crippen LogP contribution in [-0.2, 0) is 6.54 Å². The van der Waals surface area contributed by atoms with E-state index in [9.17, 15) is 24.1 Å². The summed E-state index contributed by atoms with van der Waals surface area (Å²) < 4.78 is 14.4. The Morgan fingerprint density at radius 1 is 1.40 bits per heavy atom. The van der Waals surface area contributed by atoms with Crippen LogP contribution in [0.25, 0.3) is 0 Å². The Morgan fingerprint density at radius 3 is 2.70 bits per heavy atom. The Kier molecular flexibility index (Phi) is 3.66. The number of aromatic nitrogens is 2. The van der Waals surface area contributed by atoms with Crippen LogP contribution in [0.15, 0.2) is 34.0 Å². The zero-order valence-electron chi connectivity index (χ0n) is 9.80. The molecule has 0 saturated carbocycles. The molecule has 0 atom stereocenters. The largest absolute Gasteiger partial charge is 0.350 e. The van der Waals surface area contributed by atoms with Gasteiger partial charge in [0.1, 0.15) is 5.82 Å². The lowest BCUT2D eigenvalue weighted by molar-refractivity contribution is -0.386. The van der Waals surface area contributed by atoms with Gasteiger partial charge in [0.15, 0.2) is 0 Å². The van der Waals surface area contributed by atoms with E-state index in [1.807, 2.05) is 0 Å². The number of H-pyrrole nitrogens is 1. The highest BCUT2D eigenvalue weighted by atomic mass is 35.5. The zero-order chi connectivity index (χ0) is 14.9. The highest BCUT2D eigenvalue weighted by molar-refractivity contribution is 6.31. The first-order chi connectivity index (χ1) is 9.40. The Hall–Kier alpha value is -2.48. The van der Waals surface area contributed by atoms with Crippen LogP contribution >= 0.6 is 11.6 Å². The molecule has 0 fully saturated rings. The van der Waals surface area contributed by atoms with E-state index in [1.54, 1.807) is 4.98 Å². The molecule has 1 N–H and O–H groups in total. The van der Waals surface area contributed by atoms with Crippen LogP contribution < -0.4 is 11.2 Å². The molecule has 1 heterocycles. The molecule has 0 bridgehead atoms. The maximum atomic E-state index is 13.6. The summed E-state index contributed by atoms with van der Waals surface area (Å²) in [6, 6.07) is 3.96. The molecule has 0 aliphatic heterocycles. The molecule has 0 spiro atoms. The summed E-state index contributed by atoms with van der Waals surface area (Å²) in [5.74, 6) is -0.654. The average Bonchev–Trinajstić information content (AvgIpc) is 2.35. The van der Waals surface area contributed by atoms with Gasteiger partial charge in [-0.1, -0.05) is 17.7 Å². The van der Waals surface area contributed by atoms with Crippen molar-refractivity contribution in [3.8, 4) is 0 Å². The quantitative estimate of drug-likeness (QED) is 0.682. The lowest BCUT2D eigenvalue weighted by Crippen LogP contribution is -2.31. The molecule has 1 aromatic heterocycles. The van der Waals surface area contributed by atoms with Gasteiger partial charge in [-0.2, -0.15) is 0 Å². The molecule has 104 valence electrons. The number of hydrogen-bond donors (Lipinski definition) is 1. The molecular formula is C11H7ClFN3O4. The Morgan fingerprint density at radius 2 is 2.10 bits per heavy atom. The van der Waals surface area contributed by atoms with Gasteiger partial charge in [-0.3, -0.25) is 24.5 Å². The molecule has 2 aromatic rings. The van der Waals surface area contributed by atoms with E-state index in [-0.39, 0.29) is 17.1 Å². The fourth-order valence-electron chi connectivity index (χ4n) is 1.60. The van der Waals surface area contributed by atoms with Crippen LogP contribution in [0.2, 0.25) is 5.02 Å². The topological polar surface area (TPSA) is 98.0 Å². The van der Waals surface area contributed by atoms with Crippen molar-refractivity contribution in [2.24, 2.45) is 0 Å². The van der Waals surface area contributed by atoms with Gasteiger partial charge in [0.05, 0.1) is 17.7 Å². The number of rotatable bonds is 3. The molecule has 1 aromatic carbocycles. The number of halogens is 2. The van der Waals surface area contributed by atoms with E-state index in [0.29, 0.717) is 0 Å². The number of benzene rings is 1. The summed E-state index contributed by atoms with van der Waals surface area (Å²) in [6.45, 7) is -0.331. The first kappa shape index (κ1) is 13.9. The van der Waals surface area contributed by atoms with Crippen LogP contribution in [0.4, 0.5) is 10.1 Å². The summed E-state index contributed by atoms with van der Waals surface area (Å²) in [6.07, 6.45) is 0.754. The van der Waals surface area contributed by atoms with E-state index in [0.717, 1.165) is 16.8 Å². The van der Waals surface area contributed by atoms with E-state index in [1.165, 1.54) is 12.1 Å². The van der Waals surface area contributed by atoms with Gasteiger partial charge in [0.25, 0.3) is 0 Å². The first-order valence-corrected chi connectivity index (χ1v) is 5.69. The zero-order valence-corrected chi connectivity index (χ0v) is 10.6. The van der Waals surface area contributed by atoms with E-state index < -0.39 is 27.7 Å². The Bertz CT molecular complexity index is 779. The standard InChI is InChI=1S/C11H7ClFN3O4/c12-7-2-1-3-8(13)6(7)4-15-5-9(16(19)20)10(17)14-11(15)18/h1-3,5H,4H2,(H,14,17,18). The van der Waals surface area contributed by atoms with Gasteiger partial charge in [0, 0.05) is 10.6 Å². The van der Waals surface area contributed by atoms with Crippen molar-refractivity contribution >= 4 is 17.3 Å². The van der Waals surface area contributed by atoms with Crippen molar-refractivity contribution in [1.82, 2.24) is 9.55 Å². The molecule has 7 nitrogen and oxygen atoms in total. The fourth-order valence-corrected chi connectivity index (χ4v) is 1.82. The van der Waals surface area contributed by atoms with E-state index >= 15 is 0 Å². The van der Waals surface area contributed by atoms with E-state index in [4.69, 9.17) is 11.6 Å². The van der Waals surface area contributed by atoms with Gasteiger partial charge >= 0.3 is 16.9 Å². The summed E-state index contributed by atoms with van der Waals surface area (Å²) in [7, 11) is 0. The molecule has 0 radical (unpaired) electrons. The molecule has 0 saturated heterocycles. The monoisotopic (exact) mass is 299 g/mol. The van der Waals surface area contributed by atoms with Crippen LogP contribution in [0, 0.1) is 15.9 Å². The van der Waals surface area contributed by atoms with Crippen molar-refractivity contribution in [3.63, 3.8) is 0 Å². The summed E-state index contributed by atoms with van der Waals surface area (Å²) in [5.41, 5.74) is -2.81. The number of aromatic amines is 1. The first-order valence-electron chi connectivity index (χ1n) is 5.31. The summed E-state index contributed by atoms with van der Waals surface area (Å²) in [5, 5.41) is 10.7. The maximum Gasteiger partial charge on any atom is 0.350 e. The van der Waals surface area contributed by atoms with Gasteiger partial charge in [-0.05, 0) is 12.1 Å². The number of hydrogen-bond acceptors (Lipinski definition) is 4. The van der Waals surface area contributed by atoms with Crippen molar-refractivity contribution in [1.29, 1.82) is 0 Å². The highest BCUT2D eigenvalue weighted by Gasteiger charge is 2.16. The second-order valence-corrected chi connectivity index (χ2v) is 4.27. The minimum absolute atomic E-state index is 0.00221. The highest BCUT2D eigenvalue weighted by Crippen LogP contribution is 2.19. The third-order valence-electron chi connectivity index (χ3n) is 2.58. The van der Waals surface area contributed by atoms with Crippen molar-refractivity contribution < 1.29 is 9.31 Å². The molecular weight excluding hydrogens is 293 g/mol. The Balaban J connectivity index is 2.55. The van der Waals surface area contributed by atoms with Crippen LogP contribution in [0.5, 0.6) is 0 Å². The minimum Gasteiger partial charge on any atom is -0.289 e. The number of nitrogens with zero attached hydrogens (tertiary/aromatic N) is 2. The third kappa shape index (κ3) is 2.59. The second kappa shape index (κ2) is 5.25. The summed E-state index contributed by atoms with van der Waals surface area (Å²) in [4.78, 5) is 34.3. The lowest BCUT2D eigenvalue weighted by atomic mass is 10.2. The smallest absolute Gasteiger partial charge is 0.289 e. The van der Waals surface area contributed by atoms with Crippen molar-refractivity contribution in [2.75, 3.05) is 0 Å². The SMILES string of the molecule is O=c1[nH]c(=O)n(Cc2c(F)cccc2Cl)cc1[N+](=O)[O-]. The minimum atomic E-state index is -1.11. The second-order valence-electron chi connectivity index (χ2n) is 3.86. The van der Waals surface area contributed by atoms with Crippen LogP contribution in [0.3, 0.4) is 0 Å². The molecule has 9 heteroatoms. The maximum absolute atomic E-state index is 13.6. The predicted octanol–water partition coefficient (Wildman–Crippen LogP) is 1.29. The molecule has 2 rings (SSSR count). The van der Waals surface area contributed by atoms with Crippen molar-refractivity contribution in [2.45, 2.75) is 6.54 Å². The van der Waals surface area contributed by atoms with Crippen molar-refractivity contribution in [3.05, 3.63) is 71.8 Å². The molecule has 0 aliphatic carbocycles. The number of nitrogens with one attached hydrogen (secondary N) is 1. The van der Waals surface area contributed by atoms with Gasteiger partial charge in [-0.15, -0.1) is 0 Å². The third-order valence-corrected chi connectivity index (χ3v) is 2.93. The molecule has 0 aliphatic rings. The predicted molar refractivity (Wildman–Crippen MR) is 68.5 cm³/mol. The van der Waals surface area contributed by atoms with Crippen LogP contribution in [0.1, 0.15) is 5.56 Å². The molecule has 20 heavy (non-hydrogen) atoms. The number of nitro groups is 1. The molecule has 0 amide bonds. The summed E-state index contributed by atoms with van der Waals surface area (Å²) >= 11 is 5.80. The fraction of sp³-hybridized carbons (Fsp3) is 0.0909. The van der Waals surface area contributed by atoms with Gasteiger partial charge in [0.2, 0.25) is 0 Å².